The maximum absolute atomic E-state index is 5.31. The zero-order valence-corrected chi connectivity index (χ0v) is 11.3. The third-order valence-corrected chi connectivity index (χ3v) is 2.89. The maximum atomic E-state index is 5.31. The fourth-order valence-electron chi connectivity index (χ4n) is 1.87. The predicted octanol–water partition coefficient (Wildman–Crippen LogP) is 3.61. The Morgan fingerprint density at radius 3 is 2.65 bits per heavy atom. The molecular weight excluding hydrogens is 210 g/mol. The zero-order chi connectivity index (χ0) is 12.5. The summed E-state index contributed by atoms with van der Waals surface area (Å²) in [6.07, 6.45) is 3.90. The Morgan fingerprint density at radius 2 is 1.94 bits per heavy atom. The van der Waals surface area contributed by atoms with Crippen molar-refractivity contribution >= 4 is 0 Å². The molecule has 0 aliphatic rings. The third-order valence-electron chi connectivity index (χ3n) is 2.89. The molecule has 0 radical (unpaired) electrons. The average molecular weight is 235 g/mol. The summed E-state index contributed by atoms with van der Waals surface area (Å²) >= 11 is 0. The summed E-state index contributed by atoms with van der Waals surface area (Å²) in [4.78, 5) is 0. The standard InChI is InChI=1S/C15H25NO/c1-13(2)8-6-7-11-16-12-14-9-4-5-10-15(14)17-3/h4-5,9-10,13,16H,6-8,11-12H2,1-3H3. The van der Waals surface area contributed by atoms with Gasteiger partial charge in [-0.2, -0.15) is 0 Å². The number of rotatable bonds is 8. The Hall–Kier alpha value is -1.02. The number of hydrogen-bond donors (Lipinski definition) is 1. The summed E-state index contributed by atoms with van der Waals surface area (Å²) < 4.78 is 5.31. The van der Waals surface area contributed by atoms with Gasteiger partial charge in [0.15, 0.2) is 0 Å². The topological polar surface area (TPSA) is 21.3 Å². The van der Waals surface area contributed by atoms with Crippen LogP contribution in [0.2, 0.25) is 0 Å². The Labute approximate surface area is 105 Å². The summed E-state index contributed by atoms with van der Waals surface area (Å²) in [5.74, 6) is 1.80. The largest absolute Gasteiger partial charge is 0.496 e. The molecule has 0 aromatic heterocycles. The lowest BCUT2D eigenvalue weighted by Crippen LogP contribution is -2.15. The zero-order valence-electron chi connectivity index (χ0n) is 11.3. The number of benzene rings is 1. The van der Waals surface area contributed by atoms with Crippen LogP contribution in [0.25, 0.3) is 0 Å². The second kappa shape index (κ2) is 8.13. The van der Waals surface area contributed by atoms with E-state index in [1.807, 2.05) is 12.1 Å². The van der Waals surface area contributed by atoms with Gasteiger partial charge in [-0.1, -0.05) is 44.9 Å². The van der Waals surface area contributed by atoms with Crippen LogP contribution in [0, 0.1) is 5.92 Å². The van der Waals surface area contributed by atoms with Crippen molar-refractivity contribution in [3.63, 3.8) is 0 Å². The minimum atomic E-state index is 0.823. The lowest BCUT2D eigenvalue weighted by atomic mass is 10.1. The molecule has 1 rings (SSSR count). The highest BCUT2D eigenvalue weighted by molar-refractivity contribution is 5.32. The van der Waals surface area contributed by atoms with Gasteiger partial charge < -0.3 is 10.1 Å². The van der Waals surface area contributed by atoms with Crippen molar-refractivity contribution in [2.75, 3.05) is 13.7 Å². The molecule has 0 saturated heterocycles. The average Bonchev–Trinajstić information content (AvgIpc) is 2.33. The lowest BCUT2D eigenvalue weighted by Gasteiger charge is -2.09. The van der Waals surface area contributed by atoms with Gasteiger partial charge in [-0.25, -0.2) is 0 Å². The lowest BCUT2D eigenvalue weighted by molar-refractivity contribution is 0.407. The highest BCUT2D eigenvalue weighted by atomic mass is 16.5. The first-order chi connectivity index (χ1) is 8.24. The highest BCUT2D eigenvalue weighted by Gasteiger charge is 2.00. The quantitative estimate of drug-likeness (QED) is 0.695. The van der Waals surface area contributed by atoms with E-state index in [2.05, 4.69) is 31.3 Å². The second-order valence-electron chi connectivity index (χ2n) is 4.88. The van der Waals surface area contributed by atoms with Gasteiger partial charge in [-0.3, -0.25) is 0 Å². The van der Waals surface area contributed by atoms with Gasteiger partial charge in [0.2, 0.25) is 0 Å². The number of ether oxygens (including phenoxy) is 1. The molecular formula is C15H25NO. The SMILES string of the molecule is COc1ccccc1CNCCCCC(C)C. The molecule has 0 spiro atoms. The fraction of sp³-hybridized carbons (Fsp3) is 0.600. The Bertz CT molecular complexity index is 310. The summed E-state index contributed by atoms with van der Waals surface area (Å²) in [5, 5.41) is 3.47. The number of para-hydroxylation sites is 1. The molecule has 0 unspecified atom stereocenters. The second-order valence-corrected chi connectivity index (χ2v) is 4.88. The normalized spacial score (nSPS) is 10.8. The molecule has 2 heteroatoms. The van der Waals surface area contributed by atoms with E-state index in [-0.39, 0.29) is 0 Å². The smallest absolute Gasteiger partial charge is 0.123 e. The number of methoxy groups -OCH3 is 1. The molecule has 0 heterocycles. The minimum Gasteiger partial charge on any atom is -0.496 e. The van der Waals surface area contributed by atoms with Crippen molar-refractivity contribution in [1.82, 2.24) is 5.32 Å². The number of hydrogen-bond acceptors (Lipinski definition) is 2. The van der Waals surface area contributed by atoms with E-state index in [0.717, 1.165) is 24.8 Å². The number of nitrogens with one attached hydrogen (secondary N) is 1. The minimum absolute atomic E-state index is 0.823. The molecule has 0 atom stereocenters. The summed E-state index contributed by atoms with van der Waals surface area (Å²) in [6, 6.07) is 8.18. The van der Waals surface area contributed by atoms with Crippen molar-refractivity contribution in [3.05, 3.63) is 29.8 Å². The van der Waals surface area contributed by atoms with Crippen LogP contribution in [0.3, 0.4) is 0 Å². The molecule has 0 saturated carbocycles. The van der Waals surface area contributed by atoms with Gasteiger partial charge in [0.25, 0.3) is 0 Å². The Morgan fingerprint density at radius 1 is 1.18 bits per heavy atom. The van der Waals surface area contributed by atoms with Crippen molar-refractivity contribution in [1.29, 1.82) is 0 Å². The maximum Gasteiger partial charge on any atom is 0.123 e. The van der Waals surface area contributed by atoms with Crippen molar-refractivity contribution in [3.8, 4) is 5.75 Å². The molecule has 1 N–H and O–H groups in total. The molecule has 1 aromatic rings. The third kappa shape index (κ3) is 5.73. The first-order valence-electron chi connectivity index (χ1n) is 6.56. The molecule has 96 valence electrons. The Kier molecular flexibility index (Phi) is 6.71. The fourth-order valence-corrected chi connectivity index (χ4v) is 1.87. The van der Waals surface area contributed by atoms with Crippen LogP contribution in [0.5, 0.6) is 5.75 Å². The first-order valence-corrected chi connectivity index (χ1v) is 6.56. The van der Waals surface area contributed by atoms with Crippen LogP contribution in [-0.4, -0.2) is 13.7 Å². The van der Waals surface area contributed by atoms with E-state index in [1.54, 1.807) is 7.11 Å². The monoisotopic (exact) mass is 235 g/mol. The van der Waals surface area contributed by atoms with E-state index < -0.39 is 0 Å². The molecule has 2 nitrogen and oxygen atoms in total. The van der Waals surface area contributed by atoms with Crippen LogP contribution in [0.4, 0.5) is 0 Å². The van der Waals surface area contributed by atoms with Crippen LogP contribution < -0.4 is 10.1 Å². The molecule has 1 aromatic carbocycles. The van der Waals surface area contributed by atoms with Crippen molar-refractivity contribution in [2.24, 2.45) is 5.92 Å². The molecule has 0 amide bonds. The molecule has 17 heavy (non-hydrogen) atoms. The van der Waals surface area contributed by atoms with Crippen LogP contribution in [-0.2, 0) is 6.54 Å². The van der Waals surface area contributed by atoms with Gasteiger partial charge >= 0.3 is 0 Å². The van der Waals surface area contributed by atoms with Gasteiger partial charge in [0.1, 0.15) is 5.75 Å². The Balaban J connectivity index is 2.17. The predicted molar refractivity (Wildman–Crippen MR) is 73.4 cm³/mol. The summed E-state index contributed by atoms with van der Waals surface area (Å²) in [5.41, 5.74) is 1.24. The van der Waals surface area contributed by atoms with Crippen LogP contribution >= 0.6 is 0 Å². The van der Waals surface area contributed by atoms with Crippen molar-refractivity contribution < 1.29 is 4.74 Å². The van der Waals surface area contributed by atoms with Crippen LogP contribution in [0.1, 0.15) is 38.7 Å². The van der Waals surface area contributed by atoms with Gasteiger partial charge in [-0.15, -0.1) is 0 Å². The molecule has 0 aliphatic heterocycles. The van der Waals surface area contributed by atoms with E-state index in [9.17, 15) is 0 Å². The van der Waals surface area contributed by atoms with Crippen LogP contribution in [0.15, 0.2) is 24.3 Å². The van der Waals surface area contributed by atoms with Gasteiger partial charge in [0.05, 0.1) is 7.11 Å². The molecule has 0 fully saturated rings. The summed E-state index contributed by atoms with van der Waals surface area (Å²) in [6.45, 7) is 6.54. The van der Waals surface area contributed by atoms with E-state index >= 15 is 0 Å². The molecule has 0 bridgehead atoms. The van der Waals surface area contributed by atoms with E-state index in [0.29, 0.717) is 0 Å². The van der Waals surface area contributed by atoms with Gasteiger partial charge in [-0.05, 0) is 24.9 Å². The first kappa shape index (κ1) is 14.0. The van der Waals surface area contributed by atoms with E-state index in [1.165, 1.54) is 24.8 Å². The van der Waals surface area contributed by atoms with E-state index in [4.69, 9.17) is 4.74 Å². The molecule has 0 aliphatic carbocycles. The highest BCUT2D eigenvalue weighted by Crippen LogP contribution is 2.16. The number of unbranched alkanes of at least 4 members (excludes halogenated alkanes) is 1. The van der Waals surface area contributed by atoms with Crippen molar-refractivity contribution in [2.45, 2.75) is 39.7 Å². The summed E-state index contributed by atoms with van der Waals surface area (Å²) in [7, 11) is 1.72. The van der Waals surface area contributed by atoms with Gasteiger partial charge in [0, 0.05) is 12.1 Å².